The molecule has 0 radical (unpaired) electrons. The minimum absolute atomic E-state index is 0.0782. The SMILES string of the molecule is CC(C)CCOc1ccc(/C=C(\C#N)C(=O)NCc2ccccc2)cc1. The molecule has 0 fully saturated rings. The molecule has 2 aromatic rings. The van der Waals surface area contributed by atoms with Gasteiger partial charge in [0.25, 0.3) is 5.91 Å². The molecule has 0 aliphatic rings. The first kappa shape index (κ1) is 19.3. The molecule has 1 N–H and O–H groups in total. The van der Waals surface area contributed by atoms with Gasteiger partial charge in [0.15, 0.2) is 0 Å². The fourth-order valence-electron chi connectivity index (χ4n) is 2.26. The number of ether oxygens (including phenoxy) is 1. The van der Waals surface area contributed by atoms with E-state index in [1.165, 1.54) is 0 Å². The molecule has 0 aliphatic heterocycles. The predicted octanol–water partition coefficient (Wildman–Crippen LogP) is 4.33. The second-order valence-electron chi connectivity index (χ2n) is 6.44. The average molecular weight is 348 g/mol. The zero-order chi connectivity index (χ0) is 18.8. The molecule has 0 bridgehead atoms. The van der Waals surface area contributed by atoms with Gasteiger partial charge in [-0.3, -0.25) is 4.79 Å². The maximum Gasteiger partial charge on any atom is 0.262 e. The molecule has 0 unspecified atom stereocenters. The summed E-state index contributed by atoms with van der Waals surface area (Å²) in [6.45, 7) is 5.38. The second kappa shape index (κ2) is 10.0. The van der Waals surface area contributed by atoms with Gasteiger partial charge >= 0.3 is 0 Å². The van der Waals surface area contributed by atoms with Crippen LogP contribution in [0.3, 0.4) is 0 Å². The molecule has 2 aromatic carbocycles. The smallest absolute Gasteiger partial charge is 0.262 e. The first-order valence-corrected chi connectivity index (χ1v) is 8.75. The summed E-state index contributed by atoms with van der Waals surface area (Å²) in [5, 5.41) is 12.0. The van der Waals surface area contributed by atoms with Crippen molar-refractivity contribution in [3.63, 3.8) is 0 Å². The van der Waals surface area contributed by atoms with Crippen molar-refractivity contribution in [1.82, 2.24) is 5.32 Å². The van der Waals surface area contributed by atoms with Crippen molar-refractivity contribution in [3.8, 4) is 11.8 Å². The maximum atomic E-state index is 12.2. The zero-order valence-corrected chi connectivity index (χ0v) is 15.2. The fraction of sp³-hybridized carbons (Fsp3) is 0.273. The van der Waals surface area contributed by atoms with E-state index in [0.29, 0.717) is 19.1 Å². The van der Waals surface area contributed by atoms with Gasteiger partial charge in [-0.15, -0.1) is 0 Å². The standard InChI is InChI=1S/C22H24N2O2/c1-17(2)12-13-26-21-10-8-18(9-11-21)14-20(15-23)22(25)24-16-19-6-4-3-5-7-19/h3-11,14,17H,12-13,16H2,1-2H3,(H,24,25)/b20-14+. The number of nitrogens with zero attached hydrogens (tertiary/aromatic N) is 1. The number of nitriles is 1. The molecule has 1 amide bonds. The van der Waals surface area contributed by atoms with Gasteiger partial charge in [0.1, 0.15) is 17.4 Å². The van der Waals surface area contributed by atoms with Crippen LogP contribution in [0.1, 0.15) is 31.4 Å². The highest BCUT2D eigenvalue weighted by atomic mass is 16.5. The molecule has 0 saturated heterocycles. The maximum absolute atomic E-state index is 12.2. The molecule has 0 spiro atoms. The van der Waals surface area contributed by atoms with Crippen LogP contribution in [0, 0.1) is 17.2 Å². The van der Waals surface area contributed by atoms with Gasteiger partial charge in [0, 0.05) is 6.54 Å². The van der Waals surface area contributed by atoms with E-state index in [4.69, 9.17) is 4.74 Å². The van der Waals surface area contributed by atoms with Crippen LogP contribution in [0.2, 0.25) is 0 Å². The minimum Gasteiger partial charge on any atom is -0.494 e. The first-order chi connectivity index (χ1) is 12.6. The highest BCUT2D eigenvalue weighted by molar-refractivity contribution is 6.01. The zero-order valence-electron chi connectivity index (χ0n) is 15.2. The van der Waals surface area contributed by atoms with Crippen molar-refractivity contribution < 1.29 is 9.53 Å². The van der Waals surface area contributed by atoms with E-state index in [9.17, 15) is 10.1 Å². The highest BCUT2D eigenvalue weighted by Crippen LogP contribution is 2.15. The molecule has 4 heteroatoms. The summed E-state index contributed by atoms with van der Waals surface area (Å²) in [5.41, 5.74) is 1.85. The summed E-state index contributed by atoms with van der Waals surface area (Å²) in [4.78, 5) is 12.2. The molecular weight excluding hydrogens is 324 g/mol. The van der Waals surface area contributed by atoms with E-state index in [1.807, 2.05) is 60.7 Å². The molecule has 4 nitrogen and oxygen atoms in total. The number of amides is 1. The Labute approximate surface area is 155 Å². The number of nitrogens with one attached hydrogen (secondary N) is 1. The summed E-state index contributed by atoms with van der Waals surface area (Å²) >= 11 is 0. The van der Waals surface area contributed by atoms with Crippen molar-refractivity contribution in [3.05, 3.63) is 71.3 Å². The minimum atomic E-state index is -0.381. The van der Waals surface area contributed by atoms with Crippen LogP contribution in [0.4, 0.5) is 0 Å². The van der Waals surface area contributed by atoms with Gasteiger partial charge in [0.05, 0.1) is 6.61 Å². The Hall–Kier alpha value is -3.06. The summed E-state index contributed by atoms with van der Waals surface area (Å²) < 4.78 is 5.67. The first-order valence-electron chi connectivity index (χ1n) is 8.75. The van der Waals surface area contributed by atoms with Crippen LogP contribution in [0.5, 0.6) is 5.75 Å². The third kappa shape index (κ3) is 6.45. The van der Waals surface area contributed by atoms with Crippen molar-refractivity contribution >= 4 is 12.0 Å². The van der Waals surface area contributed by atoms with Crippen LogP contribution in [0.25, 0.3) is 6.08 Å². The Morgan fingerprint density at radius 2 is 1.85 bits per heavy atom. The summed E-state index contributed by atoms with van der Waals surface area (Å²) in [6, 6.07) is 18.9. The van der Waals surface area contributed by atoms with E-state index in [2.05, 4.69) is 19.2 Å². The third-order valence-electron chi connectivity index (χ3n) is 3.82. The van der Waals surface area contributed by atoms with Gasteiger partial charge in [0.2, 0.25) is 0 Å². The molecule has 0 atom stereocenters. The molecule has 0 heterocycles. The molecule has 2 rings (SSSR count). The van der Waals surface area contributed by atoms with Crippen LogP contribution in [-0.2, 0) is 11.3 Å². The van der Waals surface area contributed by atoms with Crippen molar-refractivity contribution in [1.29, 1.82) is 5.26 Å². The number of carbonyl (C=O) groups excluding carboxylic acids is 1. The Morgan fingerprint density at radius 1 is 1.15 bits per heavy atom. The molecular formula is C22H24N2O2. The van der Waals surface area contributed by atoms with Crippen molar-refractivity contribution in [2.45, 2.75) is 26.8 Å². The van der Waals surface area contributed by atoms with E-state index in [0.717, 1.165) is 23.3 Å². The predicted molar refractivity (Wildman–Crippen MR) is 103 cm³/mol. The van der Waals surface area contributed by atoms with Gasteiger partial charge in [-0.05, 0) is 41.7 Å². The van der Waals surface area contributed by atoms with E-state index >= 15 is 0 Å². The largest absolute Gasteiger partial charge is 0.494 e. The van der Waals surface area contributed by atoms with E-state index in [-0.39, 0.29) is 11.5 Å². The van der Waals surface area contributed by atoms with E-state index < -0.39 is 0 Å². The summed E-state index contributed by atoms with van der Waals surface area (Å²) in [7, 11) is 0. The van der Waals surface area contributed by atoms with Crippen LogP contribution < -0.4 is 10.1 Å². The van der Waals surface area contributed by atoms with Crippen LogP contribution >= 0.6 is 0 Å². The van der Waals surface area contributed by atoms with Crippen molar-refractivity contribution in [2.24, 2.45) is 5.92 Å². The number of rotatable bonds is 8. The van der Waals surface area contributed by atoms with Crippen LogP contribution in [0.15, 0.2) is 60.2 Å². The van der Waals surface area contributed by atoms with Gasteiger partial charge in [-0.2, -0.15) is 5.26 Å². The monoisotopic (exact) mass is 348 g/mol. The topological polar surface area (TPSA) is 62.1 Å². The lowest BCUT2D eigenvalue weighted by Crippen LogP contribution is -2.23. The molecule has 0 aromatic heterocycles. The van der Waals surface area contributed by atoms with E-state index in [1.54, 1.807) is 6.08 Å². The highest BCUT2D eigenvalue weighted by Gasteiger charge is 2.08. The number of hydrogen-bond donors (Lipinski definition) is 1. The summed E-state index contributed by atoms with van der Waals surface area (Å²) in [5.74, 6) is 1.01. The van der Waals surface area contributed by atoms with Crippen LogP contribution in [-0.4, -0.2) is 12.5 Å². The number of benzene rings is 2. The normalized spacial score (nSPS) is 11.1. The molecule has 134 valence electrons. The Bertz CT molecular complexity index is 772. The lowest BCUT2D eigenvalue weighted by Gasteiger charge is -2.08. The third-order valence-corrected chi connectivity index (χ3v) is 3.82. The summed E-state index contributed by atoms with van der Waals surface area (Å²) in [6.07, 6.45) is 2.58. The van der Waals surface area contributed by atoms with Gasteiger partial charge < -0.3 is 10.1 Å². The van der Waals surface area contributed by atoms with Gasteiger partial charge in [-0.25, -0.2) is 0 Å². The van der Waals surface area contributed by atoms with Gasteiger partial charge in [-0.1, -0.05) is 56.3 Å². The lowest BCUT2D eigenvalue weighted by atomic mass is 10.1. The number of hydrogen-bond acceptors (Lipinski definition) is 3. The number of carbonyl (C=O) groups is 1. The lowest BCUT2D eigenvalue weighted by molar-refractivity contribution is -0.117. The second-order valence-corrected chi connectivity index (χ2v) is 6.44. The quantitative estimate of drug-likeness (QED) is 0.570. The molecule has 26 heavy (non-hydrogen) atoms. The molecule has 0 aliphatic carbocycles. The van der Waals surface area contributed by atoms with Crippen molar-refractivity contribution in [2.75, 3.05) is 6.61 Å². The Balaban J connectivity index is 1.94. The fourth-order valence-corrected chi connectivity index (χ4v) is 2.26. The Kier molecular flexibility index (Phi) is 7.45. The average Bonchev–Trinajstić information content (AvgIpc) is 2.66. The Morgan fingerprint density at radius 3 is 2.46 bits per heavy atom. The molecule has 0 saturated carbocycles.